The topological polar surface area (TPSA) is 96.5 Å². The van der Waals surface area contributed by atoms with E-state index in [1.807, 2.05) is 79.7 Å². The Morgan fingerprint density at radius 1 is 0.784 bits per heavy atom. The molecule has 0 spiro atoms. The predicted molar refractivity (Wildman–Crippen MR) is 147 cm³/mol. The van der Waals surface area contributed by atoms with E-state index < -0.39 is 17.7 Å². The maximum Gasteiger partial charge on any atom is 0.408 e. The Balaban J connectivity index is 1.70. The van der Waals surface area contributed by atoms with E-state index in [0.717, 1.165) is 17.5 Å². The Morgan fingerprint density at radius 2 is 1.27 bits per heavy atom. The van der Waals surface area contributed by atoms with Crippen LogP contribution in [0.2, 0.25) is 0 Å². The highest BCUT2D eigenvalue weighted by atomic mass is 16.6. The molecule has 2 aromatic rings. The van der Waals surface area contributed by atoms with Gasteiger partial charge in [0.25, 0.3) is 0 Å². The zero-order chi connectivity index (χ0) is 27.1. The van der Waals surface area contributed by atoms with Crippen molar-refractivity contribution in [2.75, 3.05) is 13.1 Å². The minimum atomic E-state index is -0.741. The van der Waals surface area contributed by atoms with E-state index >= 15 is 0 Å². The van der Waals surface area contributed by atoms with Crippen LogP contribution < -0.4 is 16.0 Å². The van der Waals surface area contributed by atoms with Gasteiger partial charge in [-0.25, -0.2) is 4.79 Å². The molecule has 0 unspecified atom stereocenters. The SMILES string of the molecule is C[C@@H](Cc1ccccc1)C(=O)NCC/C=C\CCNC(=O)[C@H](Cc1ccccc1)NC(=O)OC(C)(C)C. The first-order valence-corrected chi connectivity index (χ1v) is 12.9. The van der Waals surface area contributed by atoms with Crippen molar-refractivity contribution in [3.05, 3.63) is 83.9 Å². The second kappa shape index (κ2) is 15.5. The first-order valence-electron chi connectivity index (χ1n) is 12.9. The monoisotopic (exact) mass is 507 g/mol. The van der Waals surface area contributed by atoms with Crippen molar-refractivity contribution in [2.45, 2.75) is 65.0 Å². The van der Waals surface area contributed by atoms with Crippen LogP contribution in [0, 0.1) is 5.92 Å². The molecule has 200 valence electrons. The van der Waals surface area contributed by atoms with Gasteiger partial charge >= 0.3 is 6.09 Å². The normalized spacial score (nSPS) is 13.0. The Hall–Kier alpha value is -3.61. The summed E-state index contributed by atoms with van der Waals surface area (Å²) in [5.41, 5.74) is 1.44. The molecule has 0 fully saturated rings. The minimum Gasteiger partial charge on any atom is -0.444 e. The second-order valence-electron chi connectivity index (χ2n) is 10.1. The zero-order valence-corrected chi connectivity index (χ0v) is 22.5. The van der Waals surface area contributed by atoms with Crippen LogP contribution in [0.1, 0.15) is 51.7 Å². The van der Waals surface area contributed by atoms with Crippen molar-refractivity contribution in [1.82, 2.24) is 16.0 Å². The molecular weight excluding hydrogens is 466 g/mol. The summed E-state index contributed by atoms with van der Waals surface area (Å²) in [5.74, 6) is -0.297. The molecule has 0 bridgehead atoms. The van der Waals surface area contributed by atoms with Crippen molar-refractivity contribution in [2.24, 2.45) is 5.92 Å². The van der Waals surface area contributed by atoms with Crippen LogP contribution >= 0.6 is 0 Å². The summed E-state index contributed by atoms with van der Waals surface area (Å²) >= 11 is 0. The maximum absolute atomic E-state index is 12.8. The Morgan fingerprint density at radius 3 is 1.78 bits per heavy atom. The van der Waals surface area contributed by atoms with Crippen LogP contribution in [-0.2, 0) is 27.2 Å². The van der Waals surface area contributed by atoms with Crippen LogP contribution in [-0.4, -0.2) is 42.6 Å². The average Bonchev–Trinajstić information content (AvgIpc) is 2.85. The highest BCUT2D eigenvalue weighted by Gasteiger charge is 2.24. The van der Waals surface area contributed by atoms with E-state index in [2.05, 4.69) is 16.0 Å². The van der Waals surface area contributed by atoms with Gasteiger partial charge in [0, 0.05) is 25.4 Å². The molecule has 3 amide bonds. The lowest BCUT2D eigenvalue weighted by atomic mass is 10.0. The molecule has 0 saturated heterocycles. The van der Waals surface area contributed by atoms with Gasteiger partial charge in [0.2, 0.25) is 11.8 Å². The summed E-state index contributed by atoms with van der Waals surface area (Å²) in [6, 6.07) is 18.8. The molecule has 3 N–H and O–H groups in total. The minimum absolute atomic E-state index is 0.0476. The number of ether oxygens (including phenoxy) is 1. The number of carbonyl (C=O) groups excluding carboxylic acids is 3. The number of carbonyl (C=O) groups is 3. The highest BCUT2D eigenvalue weighted by Crippen LogP contribution is 2.09. The smallest absolute Gasteiger partial charge is 0.408 e. The van der Waals surface area contributed by atoms with Gasteiger partial charge in [0.05, 0.1) is 0 Å². The first-order chi connectivity index (χ1) is 17.6. The molecule has 0 aromatic heterocycles. The molecule has 0 saturated carbocycles. The summed E-state index contributed by atoms with van der Waals surface area (Å²) in [6.07, 6.45) is 5.80. The molecule has 2 aromatic carbocycles. The first kappa shape index (κ1) is 29.6. The van der Waals surface area contributed by atoms with Gasteiger partial charge in [-0.3, -0.25) is 9.59 Å². The Bertz CT molecular complexity index is 1000. The fourth-order valence-electron chi connectivity index (χ4n) is 3.66. The number of hydrogen-bond donors (Lipinski definition) is 3. The fraction of sp³-hybridized carbons (Fsp3) is 0.433. The van der Waals surface area contributed by atoms with E-state index in [0.29, 0.717) is 32.4 Å². The van der Waals surface area contributed by atoms with E-state index in [-0.39, 0.29) is 17.7 Å². The van der Waals surface area contributed by atoms with Crippen LogP contribution in [0.5, 0.6) is 0 Å². The third-order valence-corrected chi connectivity index (χ3v) is 5.51. The van der Waals surface area contributed by atoms with Gasteiger partial charge < -0.3 is 20.7 Å². The lowest BCUT2D eigenvalue weighted by molar-refractivity contribution is -0.124. The third-order valence-electron chi connectivity index (χ3n) is 5.51. The van der Waals surface area contributed by atoms with Gasteiger partial charge in [-0.1, -0.05) is 79.7 Å². The summed E-state index contributed by atoms with van der Waals surface area (Å²) in [5, 5.41) is 8.55. The highest BCUT2D eigenvalue weighted by molar-refractivity contribution is 5.86. The lowest BCUT2D eigenvalue weighted by Gasteiger charge is -2.23. The maximum atomic E-state index is 12.8. The fourth-order valence-corrected chi connectivity index (χ4v) is 3.66. The zero-order valence-electron chi connectivity index (χ0n) is 22.5. The standard InChI is InChI=1S/C30H41N3O4/c1-23(21-24-15-9-7-10-16-24)27(34)31-19-13-5-6-14-20-32-28(35)26(22-25-17-11-8-12-18-25)33-29(36)37-30(2,3)4/h5-12,15-18,23,26H,13-14,19-22H2,1-4H3,(H,31,34)(H,32,35)(H,33,36)/b6-5-/t23-,26-/m0/s1. The third kappa shape index (κ3) is 12.8. The van der Waals surface area contributed by atoms with Gasteiger partial charge in [0.1, 0.15) is 11.6 Å². The molecule has 0 aliphatic carbocycles. The van der Waals surface area contributed by atoms with Crippen molar-refractivity contribution >= 4 is 17.9 Å². The average molecular weight is 508 g/mol. The Kier molecular flexibility index (Phi) is 12.4. The van der Waals surface area contributed by atoms with Gasteiger partial charge in [-0.15, -0.1) is 0 Å². The largest absolute Gasteiger partial charge is 0.444 e. The summed E-state index contributed by atoms with van der Waals surface area (Å²) in [7, 11) is 0. The molecular formula is C30H41N3O4. The molecule has 0 radical (unpaired) electrons. The van der Waals surface area contributed by atoms with E-state index in [1.165, 1.54) is 0 Å². The quantitative estimate of drug-likeness (QED) is 0.273. The van der Waals surface area contributed by atoms with E-state index in [1.54, 1.807) is 20.8 Å². The molecule has 37 heavy (non-hydrogen) atoms. The Labute approximate surface area is 221 Å². The van der Waals surface area contributed by atoms with Crippen molar-refractivity contribution in [3.63, 3.8) is 0 Å². The van der Waals surface area contributed by atoms with Crippen LogP contribution in [0.25, 0.3) is 0 Å². The number of benzene rings is 2. The molecule has 0 aliphatic heterocycles. The van der Waals surface area contributed by atoms with Crippen LogP contribution in [0.15, 0.2) is 72.8 Å². The lowest BCUT2D eigenvalue weighted by Crippen LogP contribution is -2.49. The predicted octanol–water partition coefficient (Wildman–Crippen LogP) is 4.57. The van der Waals surface area contributed by atoms with E-state index in [9.17, 15) is 14.4 Å². The molecule has 0 heterocycles. The summed E-state index contributed by atoms with van der Waals surface area (Å²) in [4.78, 5) is 37.4. The van der Waals surface area contributed by atoms with Crippen LogP contribution in [0.3, 0.4) is 0 Å². The summed E-state index contributed by atoms with van der Waals surface area (Å²) in [6.45, 7) is 8.28. The van der Waals surface area contributed by atoms with Gasteiger partial charge in [-0.2, -0.15) is 0 Å². The number of amides is 3. The number of alkyl carbamates (subject to hydrolysis) is 1. The van der Waals surface area contributed by atoms with Crippen molar-refractivity contribution in [3.8, 4) is 0 Å². The molecule has 0 aliphatic rings. The summed E-state index contributed by atoms with van der Waals surface area (Å²) < 4.78 is 5.33. The van der Waals surface area contributed by atoms with Crippen molar-refractivity contribution in [1.29, 1.82) is 0 Å². The molecule has 7 nitrogen and oxygen atoms in total. The van der Waals surface area contributed by atoms with Gasteiger partial charge in [0.15, 0.2) is 0 Å². The van der Waals surface area contributed by atoms with Crippen LogP contribution in [0.4, 0.5) is 4.79 Å². The number of nitrogens with one attached hydrogen (secondary N) is 3. The second-order valence-corrected chi connectivity index (χ2v) is 10.1. The van der Waals surface area contributed by atoms with Gasteiger partial charge in [-0.05, 0) is 51.2 Å². The molecule has 2 rings (SSSR count). The van der Waals surface area contributed by atoms with Crippen molar-refractivity contribution < 1.29 is 19.1 Å². The number of rotatable bonds is 13. The molecule has 2 atom stereocenters. The van der Waals surface area contributed by atoms with E-state index in [4.69, 9.17) is 4.74 Å². The molecule has 7 heteroatoms. The number of hydrogen-bond acceptors (Lipinski definition) is 4.